The van der Waals surface area contributed by atoms with Gasteiger partial charge in [-0.15, -0.1) is 6.58 Å². The Bertz CT molecular complexity index is 789. The van der Waals surface area contributed by atoms with Crippen LogP contribution in [0.15, 0.2) is 41.4 Å². The molecule has 1 rings (SSSR count). The molecule has 0 amide bonds. The predicted molar refractivity (Wildman–Crippen MR) is 174 cm³/mol. The smallest absolute Gasteiger partial charge is 0.192 e. The molecule has 6 heteroatoms. The van der Waals surface area contributed by atoms with Gasteiger partial charge in [-0.25, -0.2) is 0 Å². The Morgan fingerprint density at radius 2 is 1.26 bits per heavy atom. The molecule has 4 atom stereocenters. The summed E-state index contributed by atoms with van der Waals surface area (Å²) < 4.78 is 14.9. The molecule has 38 heavy (non-hydrogen) atoms. The molecular weight excluding hydrogens is 568 g/mol. The van der Waals surface area contributed by atoms with Gasteiger partial charge in [-0.3, -0.25) is 4.79 Å². The summed E-state index contributed by atoms with van der Waals surface area (Å²) in [4.78, 5) is 13.1. The number of benzene rings is 1. The molecule has 1 aromatic carbocycles. The van der Waals surface area contributed by atoms with Gasteiger partial charge in [0.15, 0.2) is 16.6 Å². The van der Waals surface area contributed by atoms with E-state index >= 15 is 0 Å². The topological polar surface area (TPSA) is 35.5 Å². The summed E-state index contributed by atoms with van der Waals surface area (Å²) in [5.74, 6) is 1.01. The third-order valence-corrected chi connectivity index (χ3v) is 19.0. The first-order valence-corrected chi connectivity index (χ1v) is 21.2. The quantitative estimate of drug-likeness (QED) is 0.101. The molecule has 0 saturated heterocycles. The Morgan fingerprint density at radius 3 is 1.71 bits per heavy atom. The third kappa shape index (κ3) is 10.8. The number of rotatable bonds is 21. The minimum Gasteiger partial charge on any atom is -0.413 e. The monoisotopic (exact) mass is 624 g/mol. The minimum absolute atomic E-state index is 0.0434. The first-order chi connectivity index (χ1) is 18.1. The van der Waals surface area contributed by atoms with Crippen molar-refractivity contribution < 1.29 is 13.6 Å². The lowest BCUT2D eigenvalue weighted by Gasteiger charge is -2.36. The highest BCUT2D eigenvalue weighted by atomic mass is 79.9. The lowest BCUT2D eigenvalue weighted by atomic mass is 9.90. The summed E-state index contributed by atoms with van der Waals surface area (Å²) in [6, 6.07) is 15.4. The van der Waals surface area contributed by atoms with Crippen molar-refractivity contribution in [3.8, 4) is 0 Å². The van der Waals surface area contributed by atoms with Crippen LogP contribution in [0.1, 0.15) is 99.2 Å². The maximum atomic E-state index is 13.1. The molecule has 0 aliphatic heterocycles. The Kier molecular flexibility index (Phi) is 16.8. The number of Topliss-reactive ketones (excluding diaryl/α,β-unsaturated/α-hetero) is 1. The molecule has 0 aromatic heterocycles. The average molecular weight is 626 g/mol. The van der Waals surface area contributed by atoms with E-state index in [0.717, 1.165) is 60.0 Å². The van der Waals surface area contributed by atoms with Crippen LogP contribution in [-0.2, 0) is 13.6 Å². The first-order valence-electron chi connectivity index (χ1n) is 15.3. The standard InChI is InChI=1S/C32H57BrO3Si2/c1-10-17-31(35-37(11-2,12-3)13-4)26(8)18-24-30(34)25-19-27(9)32(28-20-22-29(33)23-21-28)36-38(14-5,15-6)16-7/h10,20-23,26-27,31-32H,1,11-19,24-25H2,2-9H3/t26-,27-,31-,32+/m1/s1. The van der Waals surface area contributed by atoms with E-state index in [-0.39, 0.29) is 18.1 Å². The first kappa shape index (κ1) is 35.5. The fourth-order valence-electron chi connectivity index (χ4n) is 5.56. The number of hydrogen-bond donors (Lipinski definition) is 0. The van der Waals surface area contributed by atoms with E-state index in [1.807, 2.05) is 6.08 Å². The van der Waals surface area contributed by atoms with E-state index in [0.29, 0.717) is 24.5 Å². The molecule has 0 N–H and O–H groups in total. The molecular formula is C32H57BrO3Si2. The number of halogens is 1. The van der Waals surface area contributed by atoms with Crippen molar-refractivity contribution in [1.29, 1.82) is 0 Å². The fourth-order valence-corrected chi connectivity index (χ4v) is 11.7. The van der Waals surface area contributed by atoms with Crippen LogP contribution in [-0.4, -0.2) is 28.5 Å². The largest absolute Gasteiger partial charge is 0.413 e. The van der Waals surface area contributed by atoms with Crippen molar-refractivity contribution in [3.63, 3.8) is 0 Å². The lowest BCUT2D eigenvalue weighted by molar-refractivity contribution is -0.119. The summed E-state index contributed by atoms with van der Waals surface area (Å²) >= 11 is 3.57. The van der Waals surface area contributed by atoms with Gasteiger partial charge in [-0.1, -0.05) is 89.5 Å². The van der Waals surface area contributed by atoms with E-state index in [4.69, 9.17) is 8.85 Å². The fraction of sp³-hybridized carbons (Fsp3) is 0.719. The van der Waals surface area contributed by atoms with Crippen LogP contribution in [0.3, 0.4) is 0 Å². The minimum atomic E-state index is -1.79. The molecule has 1 aromatic rings. The van der Waals surface area contributed by atoms with Gasteiger partial charge in [-0.2, -0.15) is 0 Å². The van der Waals surface area contributed by atoms with Crippen molar-refractivity contribution in [2.45, 2.75) is 136 Å². The second kappa shape index (κ2) is 18.0. The van der Waals surface area contributed by atoms with Crippen LogP contribution >= 0.6 is 15.9 Å². The third-order valence-electron chi connectivity index (χ3n) is 9.15. The van der Waals surface area contributed by atoms with Gasteiger partial charge in [0, 0.05) is 17.3 Å². The van der Waals surface area contributed by atoms with E-state index in [9.17, 15) is 4.79 Å². The van der Waals surface area contributed by atoms with Gasteiger partial charge in [0.1, 0.15) is 5.78 Å². The molecule has 218 valence electrons. The molecule has 0 unspecified atom stereocenters. The molecule has 0 aliphatic carbocycles. The molecule has 0 aliphatic rings. The van der Waals surface area contributed by atoms with E-state index in [2.05, 4.69) is 102 Å². The number of carbonyl (C=O) groups is 1. The van der Waals surface area contributed by atoms with Crippen LogP contribution in [0.25, 0.3) is 0 Å². The van der Waals surface area contributed by atoms with E-state index < -0.39 is 16.6 Å². The molecule has 0 radical (unpaired) electrons. The normalized spacial score (nSPS) is 15.6. The van der Waals surface area contributed by atoms with Crippen molar-refractivity contribution in [2.24, 2.45) is 11.8 Å². The van der Waals surface area contributed by atoms with Gasteiger partial charge >= 0.3 is 0 Å². The van der Waals surface area contributed by atoms with Crippen LogP contribution in [0.2, 0.25) is 36.3 Å². The van der Waals surface area contributed by atoms with Crippen molar-refractivity contribution in [1.82, 2.24) is 0 Å². The zero-order valence-corrected chi connectivity index (χ0v) is 29.4. The molecule has 0 spiro atoms. The Labute approximate surface area is 245 Å². The number of carbonyl (C=O) groups excluding carboxylic acids is 1. The predicted octanol–water partition coefficient (Wildman–Crippen LogP) is 10.9. The summed E-state index contributed by atoms with van der Waals surface area (Å²) in [6.45, 7) is 22.2. The van der Waals surface area contributed by atoms with Crippen molar-refractivity contribution in [3.05, 3.63) is 47.0 Å². The molecule has 3 nitrogen and oxygen atoms in total. The van der Waals surface area contributed by atoms with Gasteiger partial charge in [0.05, 0.1) is 12.2 Å². The molecule has 0 bridgehead atoms. The van der Waals surface area contributed by atoms with Gasteiger partial charge in [0.25, 0.3) is 0 Å². The maximum Gasteiger partial charge on any atom is 0.192 e. The summed E-state index contributed by atoms with van der Waals surface area (Å²) in [5.41, 5.74) is 1.23. The SMILES string of the molecule is C=CC[C@@H](O[Si](CC)(CC)CC)[C@H](C)CCC(=O)CC[C@@H](C)[C@H](O[Si](CC)(CC)CC)c1ccc(Br)cc1. The van der Waals surface area contributed by atoms with Gasteiger partial charge in [0.2, 0.25) is 0 Å². The Balaban J connectivity index is 2.83. The van der Waals surface area contributed by atoms with E-state index in [1.165, 1.54) is 5.56 Å². The molecule has 0 fully saturated rings. The average Bonchev–Trinajstić information content (AvgIpc) is 2.94. The second-order valence-electron chi connectivity index (χ2n) is 11.3. The summed E-state index contributed by atoms with van der Waals surface area (Å²) in [5, 5.41) is 0. The highest BCUT2D eigenvalue weighted by Crippen LogP contribution is 2.37. The second-order valence-corrected chi connectivity index (χ2v) is 21.7. The number of ketones is 1. The van der Waals surface area contributed by atoms with Crippen LogP contribution in [0, 0.1) is 11.8 Å². The van der Waals surface area contributed by atoms with E-state index in [1.54, 1.807) is 0 Å². The maximum absolute atomic E-state index is 13.1. The highest BCUT2D eigenvalue weighted by molar-refractivity contribution is 9.10. The summed E-state index contributed by atoms with van der Waals surface area (Å²) in [6.07, 6.45) is 6.07. The Morgan fingerprint density at radius 1 is 0.816 bits per heavy atom. The highest BCUT2D eigenvalue weighted by Gasteiger charge is 2.35. The zero-order chi connectivity index (χ0) is 28.8. The molecule has 0 saturated carbocycles. The summed E-state index contributed by atoms with van der Waals surface area (Å²) in [7, 11) is -3.48. The van der Waals surface area contributed by atoms with Gasteiger partial charge < -0.3 is 8.85 Å². The van der Waals surface area contributed by atoms with Gasteiger partial charge in [-0.05, 0) is 85.1 Å². The van der Waals surface area contributed by atoms with Crippen LogP contribution in [0.5, 0.6) is 0 Å². The number of hydrogen-bond acceptors (Lipinski definition) is 3. The Hall–Kier alpha value is -0.536. The zero-order valence-electron chi connectivity index (χ0n) is 25.8. The molecule has 0 heterocycles. The van der Waals surface area contributed by atoms with Crippen LogP contribution in [0.4, 0.5) is 0 Å². The lowest BCUT2D eigenvalue weighted by Crippen LogP contribution is -2.42. The van der Waals surface area contributed by atoms with Crippen molar-refractivity contribution >= 4 is 38.3 Å². The van der Waals surface area contributed by atoms with Crippen LogP contribution < -0.4 is 0 Å². The van der Waals surface area contributed by atoms with Crippen molar-refractivity contribution in [2.75, 3.05) is 0 Å².